The van der Waals surface area contributed by atoms with E-state index in [1.54, 1.807) is 0 Å². The molecule has 1 rings (SSSR count). The van der Waals surface area contributed by atoms with Crippen LogP contribution in [0.15, 0.2) is 30.3 Å². The third kappa shape index (κ3) is 7.67. The van der Waals surface area contributed by atoms with E-state index in [4.69, 9.17) is 4.74 Å². The zero-order chi connectivity index (χ0) is 15.7. The van der Waals surface area contributed by atoms with Crippen molar-refractivity contribution in [1.82, 2.24) is 10.2 Å². The molecule has 118 valence electrons. The first-order valence-corrected chi connectivity index (χ1v) is 6.50. The maximum absolute atomic E-state index is 12.0. The van der Waals surface area contributed by atoms with Gasteiger partial charge in [0.1, 0.15) is 0 Å². The molecule has 0 aliphatic carbocycles. The van der Waals surface area contributed by atoms with E-state index in [2.05, 4.69) is 5.32 Å². The molecule has 0 radical (unpaired) electrons. The van der Waals surface area contributed by atoms with E-state index in [1.807, 2.05) is 30.3 Å². The van der Waals surface area contributed by atoms with Crippen LogP contribution in [0.4, 0.5) is 13.2 Å². The predicted octanol–water partition coefficient (Wildman–Crippen LogP) is 1.81. The van der Waals surface area contributed by atoms with Gasteiger partial charge in [-0.1, -0.05) is 30.3 Å². The van der Waals surface area contributed by atoms with E-state index >= 15 is 0 Å². The van der Waals surface area contributed by atoms with Crippen LogP contribution in [0.5, 0.6) is 0 Å². The minimum atomic E-state index is -4.32. The number of carbonyl (C=O) groups is 1. The zero-order valence-electron chi connectivity index (χ0n) is 11.8. The summed E-state index contributed by atoms with van der Waals surface area (Å²) in [5, 5.41) is 2.11. The summed E-state index contributed by atoms with van der Waals surface area (Å²) in [4.78, 5) is 13.5. The van der Waals surface area contributed by atoms with Gasteiger partial charge in [-0.15, -0.1) is 0 Å². The Bertz CT molecular complexity index is 424. The van der Waals surface area contributed by atoms with Crippen molar-refractivity contribution in [3.63, 3.8) is 0 Å². The molecule has 1 aromatic rings. The highest BCUT2D eigenvalue weighted by Crippen LogP contribution is 2.12. The SMILES string of the molecule is COCCN(Cc1ccccc1)C(=O)CNCC(F)(F)F. The van der Waals surface area contributed by atoms with Crippen LogP contribution in [0.25, 0.3) is 0 Å². The van der Waals surface area contributed by atoms with Gasteiger partial charge in [0.2, 0.25) is 5.91 Å². The third-order valence-electron chi connectivity index (χ3n) is 2.74. The van der Waals surface area contributed by atoms with Gasteiger partial charge in [-0.05, 0) is 5.56 Å². The predicted molar refractivity (Wildman–Crippen MR) is 72.7 cm³/mol. The number of ether oxygens (including phenoxy) is 1. The first kappa shape index (κ1) is 17.5. The summed E-state index contributed by atoms with van der Waals surface area (Å²) in [6.07, 6.45) is -4.32. The van der Waals surface area contributed by atoms with Crippen LogP contribution >= 0.6 is 0 Å². The maximum atomic E-state index is 12.0. The second kappa shape index (κ2) is 8.63. The molecule has 0 saturated heterocycles. The molecule has 0 spiro atoms. The molecule has 0 aliphatic heterocycles. The van der Waals surface area contributed by atoms with Crippen molar-refractivity contribution in [2.75, 3.05) is 33.4 Å². The second-order valence-corrected chi connectivity index (χ2v) is 4.51. The summed E-state index contributed by atoms with van der Waals surface area (Å²) >= 11 is 0. The lowest BCUT2D eigenvalue weighted by molar-refractivity contribution is -0.135. The van der Waals surface area contributed by atoms with Gasteiger partial charge in [0.15, 0.2) is 0 Å². The van der Waals surface area contributed by atoms with E-state index in [1.165, 1.54) is 12.0 Å². The van der Waals surface area contributed by atoms with Crippen molar-refractivity contribution in [2.24, 2.45) is 0 Å². The van der Waals surface area contributed by atoms with Crippen LogP contribution in [0.3, 0.4) is 0 Å². The fourth-order valence-corrected chi connectivity index (χ4v) is 1.72. The Morgan fingerprint density at radius 1 is 1.29 bits per heavy atom. The minimum absolute atomic E-state index is 0.331. The largest absolute Gasteiger partial charge is 0.401 e. The molecule has 0 atom stereocenters. The fourth-order valence-electron chi connectivity index (χ4n) is 1.72. The first-order chi connectivity index (χ1) is 9.92. The van der Waals surface area contributed by atoms with Gasteiger partial charge >= 0.3 is 6.18 Å². The number of hydrogen-bond acceptors (Lipinski definition) is 3. The maximum Gasteiger partial charge on any atom is 0.401 e. The highest BCUT2D eigenvalue weighted by atomic mass is 19.4. The van der Waals surface area contributed by atoms with Crippen molar-refractivity contribution in [3.8, 4) is 0 Å². The van der Waals surface area contributed by atoms with Gasteiger partial charge in [-0.2, -0.15) is 13.2 Å². The average molecular weight is 304 g/mol. The molecule has 0 unspecified atom stereocenters. The van der Waals surface area contributed by atoms with Crippen molar-refractivity contribution < 1.29 is 22.7 Å². The molecule has 0 fully saturated rings. The lowest BCUT2D eigenvalue weighted by Gasteiger charge is -2.23. The Labute approximate surface area is 121 Å². The van der Waals surface area contributed by atoms with Crippen molar-refractivity contribution in [3.05, 3.63) is 35.9 Å². The molecule has 21 heavy (non-hydrogen) atoms. The van der Waals surface area contributed by atoms with E-state index in [-0.39, 0.29) is 12.5 Å². The Morgan fingerprint density at radius 3 is 2.52 bits per heavy atom. The lowest BCUT2D eigenvalue weighted by Crippen LogP contribution is -2.41. The number of carbonyl (C=O) groups excluding carboxylic acids is 1. The molecule has 4 nitrogen and oxygen atoms in total. The number of methoxy groups -OCH3 is 1. The lowest BCUT2D eigenvalue weighted by atomic mass is 10.2. The number of nitrogens with one attached hydrogen (secondary N) is 1. The van der Waals surface area contributed by atoms with Crippen LogP contribution < -0.4 is 5.32 Å². The molecule has 0 bridgehead atoms. The summed E-state index contributed by atoms with van der Waals surface area (Å²) in [5.41, 5.74) is 0.915. The number of benzene rings is 1. The average Bonchev–Trinajstić information content (AvgIpc) is 2.43. The summed E-state index contributed by atoms with van der Waals surface area (Å²) < 4.78 is 41.1. The van der Waals surface area contributed by atoms with Crippen LogP contribution in [-0.2, 0) is 16.1 Å². The first-order valence-electron chi connectivity index (χ1n) is 6.50. The number of rotatable bonds is 8. The standard InChI is InChI=1S/C14H19F3N2O2/c1-21-8-7-19(10-12-5-3-2-4-6-12)13(20)9-18-11-14(15,16)17/h2-6,18H,7-11H2,1H3. The molecule has 1 N–H and O–H groups in total. The summed E-state index contributed by atoms with van der Waals surface area (Å²) in [5.74, 6) is -0.389. The smallest absolute Gasteiger partial charge is 0.383 e. The normalized spacial score (nSPS) is 11.4. The van der Waals surface area contributed by atoms with Crippen molar-refractivity contribution >= 4 is 5.91 Å². The van der Waals surface area contributed by atoms with Crippen LogP contribution in [0.1, 0.15) is 5.56 Å². The quantitative estimate of drug-likeness (QED) is 0.796. The molecular weight excluding hydrogens is 285 g/mol. The van der Waals surface area contributed by atoms with E-state index in [0.717, 1.165) is 5.56 Å². The van der Waals surface area contributed by atoms with Crippen LogP contribution in [0, 0.1) is 0 Å². The monoisotopic (exact) mass is 304 g/mol. The van der Waals surface area contributed by atoms with Gasteiger partial charge in [0, 0.05) is 20.2 Å². The summed E-state index contributed by atoms with van der Waals surface area (Å²) in [6, 6.07) is 9.26. The highest BCUT2D eigenvalue weighted by molar-refractivity contribution is 5.78. The Hall–Kier alpha value is -1.60. The van der Waals surface area contributed by atoms with Gasteiger partial charge in [-0.25, -0.2) is 0 Å². The molecule has 1 amide bonds. The van der Waals surface area contributed by atoms with Gasteiger partial charge < -0.3 is 15.0 Å². The van der Waals surface area contributed by atoms with Crippen molar-refractivity contribution in [1.29, 1.82) is 0 Å². The van der Waals surface area contributed by atoms with Gasteiger partial charge in [0.25, 0.3) is 0 Å². The van der Waals surface area contributed by atoms with Crippen LogP contribution in [-0.4, -0.2) is 50.3 Å². The van der Waals surface area contributed by atoms with Crippen LogP contribution in [0.2, 0.25) is 0 Å². The number of halogens is 3. The summed E-state index contributed by atoms with van der Waals surface area (Å²) in [7, 11) is 1.51. The molecule has 0 heterocycles. The Balaban J connectivity index is 2.53. The van der Waals surface area contributed by atoms with E-state index < -0.39 is 12.7 Å². The number of hydrogen-bond donors (Lipinski definition) is 1. The Kier molecular flexibility index (Phi) is 7.18. The van der Waals surface area contributed by atoms with E-state index in [0.29, 0.717) is 19.7 Å². The Morgan fingerprint density at radius 2 is 1.95 bits per heavy atom. The molecule has 0 aliphatic rings. The highest BCUT2D eigenvalue weighted by Gasteiger charge is 2.27. The molecular formula is C14H19F3N2O2. The van der Waals surface area contributed by atoms with E-state index in [9.17, 15) is 18.0 Å². The molecule has 0 aromatic heterocycles. The molecule has 7 heteroatoms. The topological polar surface area (TPSA) is 41.6 Å². The molecule has 1 aromatic carbocycles. The summed E-state index contributed by atoms with van der Waals surface area (Å²) in [6.45, 7) is -0.523. The van der Waals surface area contributed by atoms with Gasteiger partial charge in [-0.3, -0.25) is 4.79 Å². The van der Waals surface area contributed by atoms with Gasteiger partial charge in [0.05, 0.1) is 19.7 Å². The van der Waals surface area contributed by atoms with Crippen molar-refractivity contribution in [2.45, 2.75) is 12.7 Å². The zero-order valence-corrected chi connectivity index (χ0v) is 11.8. The molecule has 0 saturated carbocycles. The minimum Gasteiger partial charge on any atom is -0.383 e. The fraction of sp³-hybridized carbons (Fsp3) is 0.500. The number of nitrogens with zero attached hydrogens (tertiary/aromatic N) is 1. The number of alkyl halides is 3. The second-order valence-electron chi connectivity index (χ2n) is 4.51. The third-order valence-corrected chi connectivity index (χ3v) is 2.74. The number of amides is 1.